The van der Waals surface area contributed by atoms with E-state index in [1.54, 1.807) is 12.5 Å². The molecule has 2 unspecified atom stereocenters. The quantitative estimate of drug-likeness (QED) is 0.883. The summed E-state index contributed by atoms with van der Waals surface area (Å²) in [6.07, 6.45) is 8.63. The van der Waals surface area contributed by atoms with Gasteiger partial charge in [-0.2, -0.15) is 0 Å². The third-order valence-electron chi connectivity index (χ3n) is 4.21. The second kappa shape index (κ2) is 8.91. The molecule has 1 aromatic carbocycles. The van der Waals surface area contributed by atoms with E-state index in [-0.39, 0.29) is 36.8 Å². The Labute approximate surface area is 148 Å². The van der Waals surface area contributed by atoms with Gasteiger partial charge in [0.2, 0.25) is 0 Å². The van der Waals surface area contributed by atoms with Crippen molar-refractivity contribution in [1.29, 1.82) is 0 Å². The van der Waals surface area contributed by atoms with Gasteiger partial charge in [-0.05, 0) is 49.6 Å². The average Bonchev–Trinajstić information content (AvgIpc) is 3.18. The number of amides is 1. The number of benzene rings is 1. The summed E-state index contributed by atoms with van der Waals surface area (Å²) >= 11 is 0. The molecule has 23 heavy (non-hydrogen) atoms. The van der Waals surface area contributed by atoms with Gasteiger partial charge in [0.05, 0.1) is 6.33 Å². The summed E-state index contributed by atoms with van der Waals surface area (Å²) < 4.78 is 1.91. The number of rotatable bonds is 4. The van der Waals surface area contributed by atoms with Gasteiger partial charge in [0, 0.05) is 29.7 Å². The minimum atomic E-state index is -0.0162. The minimum absolute atomic E-state index is 0. The summed E-state index contributed by atoms with van der Waals surface area (Å²) in [6, 6.07) is 7.75. The Balaban J connectivity index is 0.00000132. The topological polar surface area (TPSA) is 72.9 Å². The molecule has 1 aromatic heterocycles. The van der Waals surface area contributed by atoms with Crippen LogP contribution in [-0.2, 0) is 0 Å². The molecule has 0 bridgehead atoms. The minimum Gasteiger partial charge on any atom is -0.349 e. The first kappa shape index (κ1) is 19.5. The first-order valence-corrected chi connectivity index (χ1v) is 7.37. The summed E-state index contributed by atoms with van der Waals surface area (Å²) in [5.41, 5.74) is 7.43. The van der Waals surface area contributed by atoms with E-state index in [1.807, 2.05) is 35.0 Å². The highest BCUT2D eigenvalue weighted by molar-refractivity contribution is 5.94. The highest BCUT2D eigenvalue weighted by Gasteiger charge is 2.27. The molecule has 3 N–H and O–H groups in total. The molecule has 0 radical (unpaired) electrons. The van der Waals surface area contributed by atoms with Crippen LogP contribution < -0.4 is 11.1 Å². The van der Waals surface area contributed by atoms with Crippen LogP contribution >= 0.6 is 24.8 Å². The Kier molecular flexibility index (Phi) is 7.55. The number of carbonyl (C=O) groups excluding carboxylic acids is 1. The van der Waals surface area contributed by atoms with Crippen molar-refractivity contribution in [2.24, 2.45) is 11.7 Å². The lowest BCUT2D eigenvalue weighted by atomic mass is 10.0. The van der Waals surface area contributed by atoms with Crippen molar-refractivity contribution in [1.82, 2.24) is 14.9 Å². The van der Waals surface area contributed by atoms with E-state index in [2.05, 4.69) is 10.3 Å². The van der Waals surface area contributed by atoms with E-state index in [0.717, 1.165) is 24.9 Å². The molecular weight excluding hydrogens is 335 g/mol. The number of nitrogens with one attached hydrogen (secondary N) is 1. The molecule has 0 aliphatic heterocycles. The molecule has 0 saturated heterocycles. The fourth-order valence-electron chi connectivity index (χ4n) is 2.96. The van der Waals surface area contributed by atoms with Gasteiger partial charge in [-0.25, -0.2) is 4.98 Å². The van der Waals surface area contributed by atoms with Crippen LogP contribution in [0.15, 0.2) is 43.0 Å². The molecule has 3 rings (SSSR count). The first-order valence-electron chi connectivity index (χ1n) is 7.37. The highest BCUT2D eigenvalue weighted by Crippen LogP contribution is 2.24. The summed E-state index contributed by atoms with van der Waals surface area (Å²) in [5, 5.41) is 3.11. The number of imidazole rings is 1. The van der Waals surface area contributed by atoms with Crippen LogP contribution in [0.1, 0.15) is 29.6 Å². The van der Waals surface area contributed by atoms with Crippen LogP contribution in [0.25, 0.3) is 5.69 Å². The maximum absolute atomic E-state index is 12.3. The molecule has 0 spiro atoms. The van der Waals surface area contributed by atoms with Gasteiger partial charge in [-0.3, -0.25) is 4.79 Å². The zero-order chi connectivity index (χ0) is 14.7. The Bertz CT molecular complexity index is 601. The summed E-state index contributed by atoms with van der Waals surface area (Å²) in [5.74, 6) is 0.400. The van der Waals surface area contributed by atoms with Crippen molar-refractivity contribution >= 4 is 30.7 Å². The molecule has 1 amide bonds. The molecule has 1 fully saturated rings. The van der Waals surface area contributed by atoms with Crippen LogP contribution in [0.4, 0.5) is 0 Å². The second-order valence-corrected chi connectivity index (χ2v) is 5.52. The van der Waals surface area contributed by atoms with Crippen LogP contribution in [0, 0.1) is 5.92 Å². The second-order valence-electron chi connectivity index (χ2n) is 5.52. The summed E-state index contributed by atoms with van der Waals surface area (Å²) in [4.78, 5) is 16.3. The Morgan fingerprint density at radius 2 is 2.00 bits per heavy atom. The van der Waals surface area contributed by atoms with Crippen LogP contribution in [0.5, 0.6) is 0 Å². The molecule has 5 nitrogen and oxygen atoms in total. The van der Waals surface area contributed by atoms with Gasteiger partial charge >= 0.3 is 0 Å². The number of hydrogen-bond donors (Lipinski definition) is 2. The zero-order valence-corrected chi connectivity index (χ0v) is 14.4. The van der Waals surface area contributed by atoms with Gasteiger partial charge in [0.15, 0.2) is 0 Å². The lowest BCUT2D eigenvalue weighted by Gasteiger charge is -2.19. The van der Waals surface area contributed by atoms with Crippen molar-refractivity contribution in [3.05, 3.63) is 48.5 Å². The third-order valence-corrected chi connectivity index (χ3v) is 4.21. The third kappa shape index (κ3) is 4.47. The van der Waals surface area contributed by atoms with E-state index in [4.69, 9.17) is 5.73 Å². The lowest BCUT2D eigenvalue weighted by Crippen LogP contribution is -2.39. The Morgan fingerprint density at radius 3 is 2.61 bits per heavy atom. The summed E-state index contributed by atoms with van der Waals surface area (Å²) in [7, 11) is 0. The highest BCUT2D eigenvalue weighted by atomic mass is 35.5. The van der Waals surface area contributed by atoms with Crippen molar-refractivity contribution < 1.29 is 4.79 Å². The smallest absolute Gasteiger partial charge is 0.251 e. The predicted molar refractivity (Wildman–Crippen MR) is 95.7 cm³/mol. The van der Waals surface area contributed by atoms with Gasteiger partial charge in [0.1, 0.15) is 0 Å². The monoisotopic (exact) mass is 356 g/mol. The van der Waals surface area contributed by atoms with E-state index in [0.29, 0.717) is 18.0 Å². The molecule has 1 heterocycles. The maximum Gasteiger partial charge on any atom is 0.251 e. The lowest BCUT2D eigenvalue weighted by molar-refractivity contribution is 0.0929. The van der Waals surface area contributed by atoms with Crippen LogP contribution in [0.2, 0.25) is 0 Å². The molecule has 2 aromatic rings. The number of halogens is 2. The molecule has 1 saturated carbocycles. The number of nitrogens with zero attached hydrogens (tertiary/aromatic N) is 2. The zero-order valence-electron chi connectivity index (χ0n) is 12.7. The number of hydrogen-bond acceptors (Lipinski definition) is 3. The van der Waals surface area contributed by atoms with E-state index >= 15 is 0 Å². The Morgan fingerprint density at radius 1 is 1.26 bits per heavy atom. The molecule has 7 heteroatoms. The molecule has 126 valence electrons. The van der Waals surface area contributed by atoms with Crippen molar-refractivity contribution in [2.45, 2.75) is 25.3 Å². The fraction of sp³-hybridized carbons (Fsp3) is 0.375. The van der Waals surface area contributed by atoms with E-state index in [9.17, 15) is 4.79 Å². The maximum atomic E-state index is 12.3. The molecular formula is C16H22Cl2N4O. The average molecular weight is 357 g/mol. The largest absolute Gasteiger partial charge is 0.349 e. The van der Waals surface area contributed by atoms with Crippen molar-refractivity contribution in [3.8, 4) is 5.69 Å². The van der Waals surface area contributed by atoms with Crippen molar-refractivity contribution in [3.63, 3.8) is 0 Å². The number of carbonyl (C=O) groups is 1. The van der Waals surface area contributed by atoms with Gasteiger partial charge in [-0.1, -0.05) is 6.42 Å². The van der Waals surface area contributed by atoms with Crippen LogP contribution in [-0.4, -0.2) is 28.0 Å². The number of aromatic nitrogens is 2. The molecule has 2 atom stereocenters. The molecule has 1 aliphatic rings. The normalized spacial score (nSPS) is 19.5. The van der Waals surface area contributed by atoms with Crippen molar-refractivity contribution in [2.75, 3.05) is 6.54 Å². The standard InChI is InChI=1S/C16H20N4O.2ClH/c17-10-13-2-1-3-15(13)19-16(21)12-4-6-14(7-5-12)20-9-8-18-11-20;;/h4-9,11,13,15H,1-3,10,17H2,(H,19,21);2*1H. The summed E-state index contributed by atoms with van der Waals surface area (Å²) in [6.45, 7) is 0.643. The predicted octanol–water partition coefficient (Wildman–Crippen LogP) is 2.57. The SMILES string of the molecule is Cl.Cl.NCC1CCCC1NC(=O)c1ccc(-n2ccnc2)cc1. The van der Waals surface area contributed by atoms with Gasteiger partial charge in [-0.15, -0.1) is 24.8 Å². The van der Waals surface area contributed by atoms with Crippen LogP contribution in [0.3, 0.4) is 0 Å². The Hall–Kier alpha value is -1.56. The number of nitrogens with two attached hydrogens (primary N) is 1. The van der Waals surface area contributed by atoms with Gasteiger partial charge in [0.25, 0.3) is 5.91 Å². The molecule has 1 aliphatic carbocycles. The fourth-order valence-corrected chi connectivity index (χ4v) is 2.96. The van der Waals surface area contributed by atoms with E-state index in [1.165, 1.54) is 0 Å². The van der Waals surface area contributed by atoms with Gasteiger partial charge < -0.3 is 15.6 Å². The first-order chi connectivity index (χ1) is 10.3. The van der Waals surface area contributed by atoms with E-state index < -0.39 is 0 Å².